The highest BCUT2D eigenvalue weighted by molar-refractivity contribution is 5.79. The monoisotopic (exact) mass is 308 g/mol. The van der Waals surface area contributed by atoms with Gasteiger partial charge in [-0.3, -0.25) is 4.79 Å². The molecule has 22 heavy (non-hydrogen) atoms. The number of hydrogen-bond acceptors (Lipinski definition) is 3. The van der Waals surface area contributed by atoms with Crippen LogP contribution in [0.5, 0.6) is 0 Å². The molecule has 3 saturated heterocycles. The van der Waals surface area contributed by atoms with Crippen LogP contribution in [0.1, 0.15) is 64.7 Å². The summed E-state index contributed by atoms with van der Waals surface area (Å²) in [6.07, 6.45) is 10.5. The zero-order valence-corrected chi connectivity index (χ0v) is 14.2. The number of carbonyl (C=O) groups is 1. The first-order chi connectivity index (χ1) is 10.7. The number of amides is 1. The van der Waals surface area contributed by atoms with Gasteiger partial charge in [-0.2, -0.15) is 0 Å². The number of carbonyl (C=O) groups excluding carboxylic acids is 1. The molecule has 3 heterocycles. The molecule has 3 aliphatic heterocycles. The highest BCUT2D eigenvalue weighted by Gasteiger charge is 2.46. The Morgan fingerprint density at radius 1 is 1.23 bits per heavy atom. The van der Waals surface area contributed by atoms with Crippen molar-refractivity contribution in [3.05, 3.63) is 0 Å². The molecular weight excluding hydrogens is 276 g/mol. The normalized spacial score (nSPS) is 33.8. The van der Waals surface area contributed by atoms with E-state index in [0.29, 0.717) is 12.0 Å². The largest absolute Gasteiger partial charge is 0.376 e. The van der Waals surface area contributed by atoms with Crippen LogP contribution >= 0.6 is 0 Å². The van der Waals surface area contributed by atoms with Crippen molar-refractivity contribution in [1.82, 2.24) is 9.80 Å². The SMILES string of the molecule is CCCCN1CCC[C@]2(CCC(=O)N2C[C@H]2CCCO2)CC1. The van der Waals surface area contributed by atoms with E-state index in [9.17, 15) is 4.79 Å². The molecule has 0 unspecified atom stereocenters. The first-order valence-electron chi connectivity index (χ1n) is 9.38. The third-order valence-electron chi connectivity index (χ3n) is 5.93. The number of hydrogen-bond donors (Lipinski definition) is 0. The minimum absolute atomic E-state index is 0.143. The fourth-order valence-corrected chi connectivity index (χ4v) is 4.52. The maximum Gasteiger partial charge on any atom is 0.223 e. The van der Waals surface area contributed by atoms with E-state index in [4.69, 9.17) is 4.74 Å². The second-order valence-corrected chi connectivity index (χ2v) is 7.41. The van der Waals surface area contributed by atoms with Crippen LogP contribution < -0.4 is 0 Å². The zero-order valence-electron chi connectivity index (χ0n) is 14.2. The van der Waals surface area contributed by atoms with Gasteiger partial charge in [-0.25, -0.2) is 0 Å². The number of nitrogens with zero attached hydrogens (tertiary/aromatic N) is 2. The zero-order chi connectivity index (χ0) is 15.4. The van der Waals surface area contributed by atoms with Gasteiger partial charge in [0, 0.05) is 31.7 Å². The van der Waals surface area contributed by atoms with E-state index < -0.39 is 0 Å². The first-order valence-corrected chi connectivity index (χ1v) is 9.38. The van der Waals surface area contributed by atoms with Gasteiger partial charge >= 0.3 is 0 Å². The summed E-state index contributed by atoms with van der Waals surface area (Å²) in [6.45, 7) is 7.59. The maximum atomic E-state index is 12.5. The maximum absolute atomic E-state index is 12.5. The van der Waals surface area contributed by atoms with Gasteiger partial charge in [-0.1, -0.05) is 13.3 Å². The van der Waals surface area contributed by atoms with E-state index in [0.717, 1.165) is 51.8 Å². The Morgan fingerprint density at radius 3 is 2.91 bits per heavy atom. The summed E-state index contributed by atoms with van der Waals surface area (Å²) < 4.78 is 5.80. The molecule has 4 nitrogen and oxygen atoms in total. The van der Waals surface area contributed by atoms with E-state index in [-0.39, 0.29) is 5.54 Å². The van der Waals surface area contributed by atoms with E-state index >= 15 is 0 Å². The quantitative estimate of drug-likeness (QED) is 0.783. The van der Waals surface area contributed by atoms with Crippen LogP contribution in [-0.4, -0.2) is 60.1 Å². The highest BCUT2D eigenvalue weighted by atomic mass is 16.5. The molecule has 0 aromatic carbocycles. The van der Waals surface area contributed by atoms with Crippen LogP contribution in [0, 0.1) is 0 Å². The van der Waals surface area contributed by atoms with Crippen molar-refractivity contribution < 1.29 is 9.53 Å². The van der Waals surface area contributed by atoms with Crippen LogP contribution in [0.3, 0.4) is 0 Å². The summed E-state index contributed by atoms with van der Waals surface area (Å²) in [4.78, 5) is 17.3. The molecule has 0 N–H and O–H groups in total. The molecule has 0 aliphatic carbocycles. The van der Waals surface area contributed by atoms with Gasteiger partial charge < -0.3 is 14.5 Å². The van der Waals surface area contributed by atoms with Crippen molar-refractivity contribution in [3.8, 4) is 0 Å². The van der Waals surface area contributed by atoms with Gasteiger partial charge in [-0.05, 0) is 58.0 Å². The summed E-state index contributed by atoms with van der Waals surface area (Å²) in [7, 11) is 0. The van der Waals surface area contributed by atoms with Gasteiger partial charge in [0.15, 0.2) is 0 Å². The van der Waals surface area contributed by atoms with Crippen molar-refractivity contribution >= 4 is 5.91 Å². The van der Waals surface area contributed by atoms with Gasteiger partial charge in [-0.15, -0.1) is 0 Å². The Kier molecular flexibility index (Phi) is 5.40. The van der Waals surface area contributed by atoms with Gasteiger partial charge in [0.25, 0.3) is 0 Å². The second kappa shape index (κ2) is 7.31. The Balaban J connectivity index is 1.63. The molecule has 1 spiro atoms. The fourth-order valence-electron chi connectivity index (χ4n) is 4.52. The van der Waals surface area contributed by atoms with Crippen molar-refractivity contribution in [2.75, 3.05) is 32.8 Å². The molecule has 3 aliphatic rings. The predicted octanol–water partition coefficient (Wildman–Crippen LogP) is 2.81. The average molecular weight is 308 g/mol. The molecular formula is C18H32N2O2. The van der Waals surface area contributed by atoms with Crippen molar-refractivity contribution in [3.63, 3.8) is 0 Å². The van der Waals surface area contributed by atoms with Crippen LogP contribution in [0.4, 0.5) is 0 Å². The topological polar surface area (TPSA) is 32.8 Å². The molecule has 4 heteroatoms. The molecule has 1 amide bonds. The van der Waals surface area contributed by atoms with E-state index in [2.05, 4.69) is 16.7 Å². The lowest BCUT2D eigenvalue weighted by Gasteiger charge is -2.39. The minimum Gasteiger partial charge on any atom is -0.376 e. The van der Waals surface area contributed by atoms with Crippen LogP contribution in [0.2, 0.25) is 0 Å². The number of ether oxygens (including phenoxy) is 1. The van der Waals surface area contributed by atoms with E-state index in [1.807, 2.05) is 0 Å². The summed E-state index contributed by atoms with van der Waals surface area (Å²) in [6, 6.07) is 0. The summed E-state index contributed by atoms with van der Waals surface area (Å²) >= 11 is 0. The van der Waals surface area contributed by atoms with E-state index in [1.165, 1.54) is 38.8 Å². The Hall–Kier alpha value is -0.610. The number of unbranched alkanes of at least 4 members (excludes halogenated alkanes) is 1. The average Bonchev–Trinajstić information content (AvgIpc) is 3.07. The number of rotatable bonds is 5. The summed E-state index contributed by atoms with van der Waals surface area (Å²) in [5.41, 5.74) is 0.143. The Bertz CT molecular complexity index is 381. The molecule has 0 saturated carbocycles. The predicted molar refractivity (Wildman–Crippen MR) is 87.9 cm³/mol. The molecule has 2 atom stereocenters. The van der Waals surface area contributed by atoms with Crippen molar-refractivity contribution in [2.45, 2.75) is 76.4 Å². The van der Waals surface area contributed by atoms with Crippen LogP contribution in [0.15, 0.2) is 0 Å². The first kappa shape index (κ1) is 16.3. The highest BCUT2D eigenvalue weighted by Crippen LogP contribution is 2.39. The van der Waals surface area contributed by atoms with Gasteiger partial charge in [0.2, 0.25) is 5.91 Å². The van der Waals surface area contributed by atoms with Crippen molar-refractivity contribution in [2.24, 2.45) is 0 Å². The van der Waals surface area contributed by atoms with E-state index in [1.54, 1.807) is 0 Å². The lowest BCUT2D eigenvalue weighted by molar-refractivity contribution is -0.133. The summed E-state index contributed by atoms with van der Waals surface area (Å²) in [5, 5.41) is 0. The lowest BCUT2D eigenvalue weighted by atomic mass is 9.87. The lowest BCUT2D eigenvalue weighted by Crippen LogP contribution is -2.49. The third-order valence-corrected chi connectivity index (χ3v) is 5.93. The molecule has 3 fully saturated rings. The molecule has 0 aromatic heterocycles. The minimum atomic E-state index is 0.143. The molecule has 0 radical (unpaired) electrons. The van der Waals surface area contributed by atoms with Gasteiger partial charge in [0.1, 0.15) is 0 Å². The van der Waals surface area contributed by atoms with Gasteiger partial charge in [0.05, 0.1) is 6.10 Å². The number of likely N-dealkylation sites (tertiary alicyclic amines) is 2. The standard InChI is InChI=1S/C18H32N2O2/c1-2-3-11-19-12-5-8-18(10-13-19)9-7-17(21)20(18)15-16-6-4-14-22-16/h16H,2-15H2,1H3/t16-,18+/m1/s1. The third kappa shape index (κ3) is 3.48. The smallest absolute Gasteiger partial charge is 0.223 e. The summed E-state index contributed by atoms with van der Waals surface area (Å²) in [5.74, 6) is 0.373. The van der Waals surface area contributed by atoms with Crippen LogP contribution in [-0.2, 0) is 9.53 Å². The Labute approximate surface area is 135 Å². The van der Waals surface area contributed by atoms with Crippen molar-refractivity contribution in [1.29, 1.82) is 0 Å². The van der Waals surface area contributed by atoms with Crippen LogP contribution in [0.25, 0.3) is 0 Å². The molecule has 0 bridgehead atoms. The molecule has 126 valence electrons. The fraction of sp³-hybridized carbons (Fsp3) is 0.944. The Morgan fingerprint density at radius 2 is 2.14 bits per heavy atom. The second-order valence-electron chi connectivity index (χ2n) is 7.41. The molecule has 3 rings (SSSR count). The molecule has 0 aromatic rings.